The predicted octanol–water partition coefficient (Wildman–Crippen LogP) is 2.07. The van der Waals surface area contributed by atoms with Crippen LogP contribution in [0.4, 0.5) is 5.69 Å². The molecule has 2 aromatic carbocycles. The third-order valence-electron chi connectivity index (χ3n) is 2.72. The maximum atomic E-state index is 12.2. The number of anilines is 1. The average Bonchev–Trinajstić information content (AvgIpc) is 2.49. The van der Waals surface area contributed by atoms with Crippen molar-refractivity contribution in [3.05, 3.63) is 48.0 Å². The number of nitrogens with zero attached hydrogens (tertiary/aromatic N) is 1. The minimum absolute atomic E-state index is 0.0261. The van der Waals surface area contributed by atoms with E-state index in [9.17, 15) is 13.5 Å². The molecule has 21 heavy (non-hydrogen) atoms. The maximum absolute atomic E-state index is 12.2. The molecule has 0 saturated heterocycles. The topological polar surface area (TPSA) is 99.4 Å². The summed E-state index contributed by atoms with van der Waals surface area (Å²) in [7, 11) is -2.45. The summed E-state index contributed by atoms with van der Waals surface area (Å²) in [5.74, 6) is 0.149. The van der Waals surface area contributed by atoms with Crippen molar-refractivity contribution < 1.29 is 18.3 Å². The van der Waals surface area contributed by atoms with Gasteiger partial charge in [0.2, 0.25) is 0 Å². The summed E-state index contributed by atoms with van der Waals surface area (Å²) < 4.78 is 31.6. The molecule has 0 heterocycles. The molecule has 0 radical (unpaired) electrons. The molecule has 0 aromatic heterocycles. The van der Waals surface area contributed by atoms with Crippen LogP contribution < -0.4 is 9.46 Å². The highest BCUT2D eigenvalue weighted by molar-refractivity contribution is 7.92. The first-order valence-corrected chi connectivity index (χ1v) is 7.34. The highest BCUT2D eigenvalue weighted by Crippen LogP contribution is 2.29. The molecule has 0 bridgehead atoms. The number of sulfonamides is 1. The minimum Gasteiger partial charge on any atom is -0.506 e. The van der Waals surface area contributed by atoms with Gasteiger partial charge in [0.1, 0.15) is 11.5 Å². The Morgan fingerprint density at radius 1 is 1.24 bits per heavy atom. The Morgan fingerprint density at radius 3 is 2.62 bits per heavy atom. The predicted molar refractivity (Wildman–Crippen MR) is 76.6 cm³/mol. The molecule has 0 amide bonds. The van der Waals surface area contributed by atoms with Crippen LogP contribution in [0.25, 0.3) is 0 Å². The van der Waals surface area contributed by atoms with E-state index in [0.29, 0.717) is 5.75 Å². The second-order valence-electron chi connectivity index (χ2n) is 4.13. The van der Waals surface area contributed by atoms with Crippen molar-refractivity contribution in [1.29, 1.82) is 5.26 Å². The second kappa shape index (κ2) is 5.73. The molecular weight excluding hydrogens is 292 g/mol. The van der Waals surface area contributed by atoms with Crippen molar-refractivity contribution in [1.82, 2.24) is 0 Å². The van der Waals surface area contributed by atoms with Crippen molar-refractivity contribution in [3.8, 4) is 17.6 Å². The summed E-state index contributed by atoms with van der Waals surface area (Å²) in [5, 5.41) is 18.6. The van der Waals surface area contributed by atoms with Gasteiger partial charge in [-0.05, 0) is 30.3 Å². The van der Waals surface area contributed by atoms with Gasteiger partial charge in [0.15, 0.2) is 0 Å². The molecule has 0 saturated carbocycles. The highest BCUT2D eigenvalue weighted by atomic mass is 32.2. The number of nitrogens with one attached hydrogen (secondary N) is 1. The molecule has 0 aliphatic rings. The molecule has 0 spiro atoms. The quantitative estimate of drug-likeness (QED) is 0.842. The zero-order chi connectivity index (χ0) is 15.5. The third kappa shape index (κ3) is 3.24. The lowest BCUT2D eigenvalue weighted by Gasteiger charge is -2.10. The van der Waals surface area contributed by atoms with Crippen LogP contribution in [0.5, 0.6) is 11.5 Å². The van der Waals surface area contributed by atoms with Crippen LogP contribution in [0.3, 0.4) is 0 Å². The normalized spacial score (nSPS) is 10.7. The van der Waals surface area contributed by atoms with Gasteiger partial charge in [-0.15, -0.1) is 0 Å². The molecule has 108 valence electrons. The van der Waals surface area contributed by atoms with Crippen molar-refractivity contribution in [2.75, 3.05) is 11.8 Å². The van der Waals surface area contributed by atoms with Gasteiger partial charge in [-0.3, -0.25) is 4.72 Å². The lowest BCUT2D eigenvalue weighted by atomic mass is 10.2. The molecule has 0 fully saturated rings. The summed E-state index contributed by atoms with van der Waals surface area (Å²) in [5.41, 5.74) is 0.259. The summed E-state index contributed by atoms with van der Waals surface area (Å²) in [6.45, 7) is 0. The van der Waals surface area contributed by atoms with Gasteiger partial charge in [0.25, 0.3) is 10.0 Å². The van der Waals surface area contributed by atoms with Gasteiger partial charge in [0, 0.05) is 6.07 Å². The van der Waals surface area contributed by atoms with Crippen molar-refractivity contribution in [2.24, 2.45) is 0 Å². The van der Waals surface area contributed by atoms with E-state index < -0.39 is 10.0 Å². The SMILES string of the molecule is COc1ccc(NS(=O)(=O)c2cccc(C#N)c2)c(O)c1. The van der Waals surface area contributed by atoms with Gasteiger partial charge >= 0.3 is 0 Å². The van der Waals surface area contributed by atoms with Crippen molar-refractivity contribution in [2.45, 2.75) is 4.90 Å². The number of hydrogen-bond acceptors (Lipinski definition) is 5. The van der Waals surface area contributed by atoms with Gasteiger partial charge in [0.05, 0.1) is 29.3 Å². The number of phenols is 1. The molecule has 2 aromatic rings. The van der Waals surface area contributed by atoms with Crippen molar-refractivity contribution in [3.63, 3.8) is 0 Å². The summed E-state index contributed by atoms with van der Waals surface area (Å²) in [4.78, 5) is -0.0585. The summed E-state index contributed by atoms with van der Waals surface area (Å²) in [6, 6.07) is 11.7. The van der Waals surface area contributed by atoms with Crippen molar-refractivity contribution >= 4 is 15.7 Å². The number of rotatable bonds is 4. The fraction of sp³-hybridized carbons (Fsp3) is 0.0714. The van der Waals surface area contributed by atoms with E-state index in [1.165, 1.54) is 49.6 Å². The molecule has 2 rings (SSSR count). The van der Waals surface area contributed by atoms with E-state index in [2.05, 4.69) is 4.72 Å². The largest absolute Gasteiger partial charge is 0.506 e. The van der Waals surface area contributed by atoms with Crippen LogP contribution in [0, 0.1) is 11.3 Å². The zero-order valence-electron chi connectivity index (χ0n) is 11.1. The molecule has 0 aliphatic carbocycles. The lowest BCUT2D eigenvalue weighted by Crippen LogP contribution is -2.13. The lowest BCUT2D eigenvalue weighted by molar-refractivity contribution is 0.408. The van der Waals surface area contributed by atoms with Crippen LogP contribution in [0.15, 0.2) is 47.4 Å². The molecule has 6 nitrogen and oxygen atoms in total. The molecule has 0 unspecified atom stereocenters. The molecule has 7 heteroatoms. The number of ether oxygens (including phenoxy) is 1. The third-order valence-corrected chi connectivity index (χ3v) is 4.09. The fourth-order valence-corrected chi connectivity index (χ4v) is 2.78. The standard InChI is InChI=1S/C14H12N2O4S/c1-20-11-5-6-13(14(17)8-11)16-21(18,19)12-4-2-3-10(7-12)9-15/h2-8,16-17H,1H3. The van der Waals surface area contributed by atoms with E-state index in [4.69, 9.17) is 10.00 Å². The number of methoxy groups -OCH3 is 1. The summed E-state index contributed by atoms with van der Waals surface area (Å²) in [6.07, 6.45) is 0. The average molecular weight is 304 g/mol. The van der Waals surface area contributed by atoms with E-state index >= 15 is 0 Å². The Bertz CT molecular complexity index is 810. The first-order valence-electron chi connectivity index (χ1n) is 5.86. The molecule has 0 atom stereocenters. The van der Waals surface area contributed by atoms with E-state index in [0.717, 1.165) is 0 Å². The molecule has 0 aliphatic heterocycles. The first-order chi connectivity index (χ1) is 9.96. The number of phenolic OH excluding ortho intramolecular Hbond substituents is 1. The van der Waals surface area contributed by atoms with Gasteiger partial charge in [-0.2, -0.15) is 5.26 Å². The first kappa shape index (κ1) is 14.7. The Morgan fingerprint density at radius 2 is 2.00 bits per heavy atom. The highest BCUT2D eigenvalue weighted by Gasteiger charge is 2.16. The summed E-state index contributed by atoms with van der Waals surface area (Å²) >= 11 is 0. The van der Waals surface area contributed by atoms with E-state index in [1.807, 2.05) is 6.07 Å². The maximum Gasteiger partial charge on any atom is 0.262 e. The Labute approximate surface area is 122 Å². The molecule has 2 N–H and O–H groups in total. The van der Waals surface area contributed by atoms with Gasteiger partial charge in [-0.1, -0.05) is 6.07 Å². The smallest absolute Gasteiger partial charge is 0.262 e. The van der Waals surface area contributed by atoms with Gasteiger partial charge < -0.3 is 9.84 Å². The fourth-order valence-electron chi connectivity index (χ4n) is 1.66. The van der Waals surface area contributed by atoms with Crippen LogP contribution in [0.1, 0.15) is 5.56 Å². The second-order valence-corrected chi connectivity index (χ2v) is 5.81. The van der Waals surface area contributed by atoms with Crippen LogP contribution in [-0.2, 0) is 10.0 Å². The van der Waals surface area contributed by atoms with E-state index in [-0.39, 0.29) is 21.9 Å². The molecular formula is C14H12N2O4S. The van der Waals surface area contributed by atoms with Crippen LogP contribution in [-0.4, -0.2) is 20.6 Å². The Kier molecular flexibility index (Phi) is 4.00. The Balaban J connectivity index is 2.35. The number of benzene rings is 2. The van der Waals surface area contributed by atoms with Crippen LogP contribution in [0.2, 0.25) is 0 Å². The minimum atomic E-state index is -3.89. The number of aromatic hydroxyl groups is 1. The van der Waals surface area contributed by atoms with Gasteiger partial charge in [-0.25, -0.2) is 8.42 Å². The Hall–Kier alpha value is -2.72. The van der Waals surface area contributed by atoms with Crippen LogP contribution >= 0.6 is 0 Å². The monoisotopic (exact) mass is 304 g/mol. The number of hydrogen-bond donors (Lipinski definition) is 2. The number of nitriles is 1. The van der Waals surface area contributed by atoms with E-state index in [1.54, 1.807) is 0 Å². The zero-order valence-corrected chi connectivity index (χ0v) is 11.9.